The Labute approximate surface area is 191 Å². The number of carbonyl (C=O) groups excluding carboxylic acids is 2. The summed E-state index contributed by atoms with van der Waals surface area (Å²) in [7, 11) is -3.96. The molecule has 5 rings (SSSR count). The SMILES string of the molecule is O=C1[C@@H]2[C@H]3C[C@@H]([C@H](Br)[C@@H]3Br)[C@@H]2C(=O)N1c1ccc(OS(=O)(=O)c2ccccc2)cc1. The van der Waals surface area contributed by atoms with E-state index in [-0.39, 0.29) is 55.8 Å². The molecule has 0 aromatic heterocycles. The molecular formula is C21H17Br2NO5S. The second kappa shape index (κ2) is 7.17. The first-order valence-corrected chi connectivity index (χ1v) is 12.8. The van der Waals surface area contributed by atoms with E-state index in [0.29, 0.717) is 5.69 Å². The standard InChI is InChI=1S/C21H17Br2NO5S/c22-18-14-10-15(19(18)23)17-16(14)20(25)24(21(17)26)11-6-8-12(9-7-11)29-30(27,28)13-4-2-1-3-5-13/h1-9,14-19H,10H2/t14-,15-,16-,17+,18-,19+/m1/s1. The molecule has 0 N–H and O–H groups in total. The highest BCUT2D eigenvalue weighted by atomic mass is 79.9. The van der Waals surface area contributed by atoms with Crippen LogP contribution in [0.3, 0.4) is 0 Å². The molecular weight excluding hydrogens is 538 g/mol. The molecule has 6 nitrogen and oxygen atoms in total. The number of halogens is 2. The summed E-state index contributed by atoms with van der Waals surface area (Å²) in [6.07, 6.45) is 0.872. The van der Waals surface area contributed by atoms with Gasteiger partial charge in [-0.15, -0.1) is 0 Å². The largest absolute Gasteiger partial charge is 0.379 e. The lowest BCUT2D eigenvalue weighted by atomic mass is 9.81. The van der Waals surface area contributed by atoms with Crippen LogP contribution in [0, 0.1) is 23.7 Å². The zero-order valence-electron chi connectivity index (χ0n) is 15.5. The third-order valence-electron chi connectivity index (χ3n) is 6.32. The van der Waals surface area contributed by atoms with E-state index >= 15 is 0 Å². The molecule has 1 aliphatic heterocycles. The third kappa shape index (κ3) is 2.97. The molecule has 30 heavy (non-hydrogen) atoms. The maximum atomic E-state index is 13.1. The molecule has 156 valence electrons. The molecule has 2 saturated carbocycles. The van der Waals surface area contributed by atoms with Gasteiger partial charge in [-0.2, -0.15) is 8.42 Å². The van der Waals surface area contributed by atoms with Crippen LogP contribution in [0.2, 0.25) is 0 Å². The summed E-state index contributed by atoms with van der Waals surface area (Å²) in [6.45, 7) is 0. The van der Waals surface area contributed by atoms with Gasteiger partial charge in [-0.05, 0) is 54.7 Å². The van der Waals surface area contributed by atoms with Crippen LogP contribution in [-0.4, -0.2) is 29.9 Å². The molecule has 2 bridgehead atoms. The number of benzene rings is 2. The highest BCUT2D eigenvalue weighted by molar-refractivity contribution is 9.12. The first-order valence-electron chi connectivity index (χ1n) is 9.55. The first kappa shape index (κ1) is 20.2. The van der Waals surface area contributed by atoms with Gasteiger partial charge in [-0.1, -0.05) is 50.1 Å². The van der Waals surface area contributed by atoms with Gasteiger partial charge in [0.2, 0.25) is 11.8 Å². The van der Waals surface area contributed by atoms with Crippen LogP contribution in [0.5, 0.6) is 5.75 Å². The van der Waals surface area contributed by atoms with Crippen LogP contribution in [0.4, 0.5) is 5.69 Å². The van der Waals surface area contributed by atoms with E-state index in [0.717, 1.165) is 6.42 Å². The average molecular weight is 555 g/mol. The number of carbonyl (C=O) groups is 2. The van der Waals surface area contributed by atoms with E-state index in [4.69, 9.17) is 4.18 Å². The summed E-state index contributed by atoms with van der Waals surface area (Å²) in [5, 5.41) is 0. The minimum atomic E-state index is -3.96. The zero-order chi connectivity index (χ0) is 21.2. The molecule has 0 spiro atoms. The average Bonchev–Trinajstić information content (AvgIpc) is 3.34. The van der Waals surface area contributed by atoms with Crippen molar-refractivity contribution < 1.29 is 22.2 Å². The van der Waals surface area contributed by atoms with E-state index in [2.05, 4.69) is 31.9 Å². The molecule has 0 radical (unpaired) electrons. The summed E-state index contributed by atoms with van der Waals surface area (Å²) in [5.41, 5.74) is 0.431. The van der Waals surface area contributed by atoms with Crippen LogP contribution >= 0.6 is 31.9 Å². The highest BCUT2D eigenvalue weighted by Gasteiger charge is 2.66. The van der Waals surface area contributed by atoms with Gasteiger partial charge in [0.15, 0.2) is 0 Å². The maximum Gasteiger partial charge on any atom is 0.339 e. The zero-order valence-corrected chi connectivity index (χ0v) is 19.5. The van der Waals surface area contributed by atoms with Crippen LogP contribution in [0.15, 0.2) is 59.5 Å². The number of anilines is 1. The summed E-state index contributed by atoms with van der Waals surface area (Å²) in [4.78, 5) is 27.8. The summed E-state index contributed by atoms with van der Waals surface area (Å²) < 4.78 is 29.9. The quantitative estimate of drug-likeness (QED) is 0.327. The maximum absolute atomic E-state index is 13.1. The van der Waals surface area contributed by atoms with Crippen molar-refractivity contribution in [1.29, 1.82) is 0 Å². The van der Waals surface area contributed by atoms with Crippen LogP contribution in [0.25, 0.3) is 0 Å². The van der Waals surface area contributed by atoms with Gasteiger partial charge in [0.1, 0.15) is 10.6 Å². The Morgan fingerprint density at radius 3 is 1.90 bits per heavy atom. The van der Waals surface area contributed by atoms with E-state index in [1.54, 1.807) is 30.3 Å². The Kier molecular flexibility index (Phi) is 4.83. The van der Waals surface area contributed by atoms with Gasteiger partial charge in [-0.3, -0.25) is 14.5 Å². The van der Waals surface area contributed by atoms with Crippen LogP contribution in [-0.2, 0) is 19.7 Å². The number of nitrogens with zero attached hydrogens (tertiary/aromatic N) is 1. The number of imide groups is 1. The topological polar surface area (TPSA) is 80.8 Å². The van der Waals surface area contributed by atoms with Crippen molar-refractivity contribution >= 4 is 59.5 Å². The van der Waals surface area contributed by atoms with Crippen molar-refractivity contribution in [3.8, 4) is 5.75 Å². The van der Waals surface area contributed by atoms with Crippen LogP contribution < -0.4 is 9.08 Å². The molecule has 6 atom stereocenters. The lowest BCUT2D eigenvalue weighted by Crippen LogP contribution is -2.37. The Bertz CT molecular complexity index is 1090. The fraction of sp³-hybridized carbons (Fsp3) is 0.333. The molecule has 2 amide bonds. The van der Waals surface area contributed by atoms with E-state index in [9.17, 15) is 18.0 Å². The number of hydrogen-bond donors (Lipinski definition) is 0. The van der Waals surface area contributed by atoms with Crippen molar-refractivity contribution in [3.05, 3.63) is 54.6 Å². The smallest absolute Gasteiger partial charge is 0.339 e. The van der Waals surface area contributed by atoms with Crippen molar-refractivity contribution in [2.75, 3.05) is 4.90 Å². The van der Waals surface area contributed by atoms with Gasteiger partial charge in [0, 0.05) is 9.65 Å². The number of rotatable bonds is 4. The Morgan fingerprint density at radius 1 is 0.833 bits per heavy atom. The number of alkyl halides is 2. The van der Waals surface area contributed by atoms with Gasteiger partial charge in [0.05, 0.1) is 17.5 Å². The Balaban J connectivity index is 1.38. The predicted octanol–water partition coefficient (Wildman–Crippen LogP) is 3.74. The van der Waals surface area contributed by atoms with Crippen molar-refractivity contribution in [1.82, 2.24) is 0 Å². The molecule has 3 fully saturated rings. The van der Waals surface area contributed by atoms with Crippen LogP contribution in [0.1, 0.15) is 6.42 Å². The third-order valence-corrected chi connectivity index (χ3v) is 10.8. The minimum absolute atomic E-state index is 0.0518. The Hall–Kier alpha value is -1.71. The van der Waals surface area contributed by atoms with Crippen molar-refractivity contribution in [3.63, 3.8) is 0 Å². The predicted molar refractivity (Wildman–Crippen MR) is 117 cm³/mol. The van der Waals surface area contributed by atoms with Crippen molar-refractivity contribution in [2.45, 2.75) is 21.0 Å². The monoisotopic (exact) mass is 553 g/mol. The van der Waals surface area contributed by atoms with E-state index in [1.165, 1.54) is 29.2 Å². The molecule has 3 aliphatic rings. The highest BCUT2D eigenvalue weighted by Crippen LogP contribution is 2.60. The van der Waals surface area contributed by atoms with E-state index < -0.39 is 10.1 Å². The second-order valence-corrected chi connectivity index (χ2v) is 11.5. The normalized spacial score (nSPS) is 32.5. The first-order chi connectivity index (χ1) is 14.3. The molecule has 0 unspecified atom stereocenters. The fourth-order valence-corrected chi connectivity index (χ4v) is 7.84. The molecule has 2 aliphatic carbocycles. The number of amides is 2. The van der Waals surface area contributed by atoms with Crippen molar-refractivity contribution in [2.24, 2.45) is 23.7 Å². The summed E-state index contributed by atoms with van der Waals surface area (Å²) >= 11 is 7.35. The van der Waals surface area contributed by atoms with Gasteiger partial charge in [-0.25, -0.2) is 0 Å². The lowest BCUT2D eigenvalue weighted by Gasteiger charge is -2.28. The molecule has 9 heteroatoms. The Morgan fingerprint density at radius 2 is 1.37 bits per heavy atom. The summed E-state index contributed by atoms with van der Waals surface area (Å²) in [6, 6.07) is 13.9. The molecule has 1 heterocycles. The minimum Gasteiger partial charge on any atom is -0.379 e. The fourth-order valence-electron chi connectivity index (χ4n) is 5.02. The number of hydrogen-bond acceptors (Lipinski definition) is 5. The van der Waals surface area contributed by atoms with E-state index in [1.807, 2.05) is 0 Å². The molecule has 2 aromatic rings. The molecule has 1 saturated heterocycles. The molecule has 2 aromatic carbocycles. The lowest BCUT2D eigenvalue weighted by molar-refractivity contribution is -0.123. The summed E-state index contributed by atoms with van der Waals surface area (Å²) in [5.74, 6) is -0.541. The number of fused-ring (bicyclic) bond motifs is 5. The van der Waals surface area contributed by atoms with Gasteiger partial charge < -0.3 is 4.18 Å². The van der Waals surface area contributed by atoms with Gasteiger partial charge >= 0.3 is 10.1 Å². The second-order valence-electron chi connectivity index (χ2n) is 7.86. The van der Waals surface area contributed by atoms with Gasteiger partial charge in [0.25, 0.3) is 0 Å².